The summed E-state index contributed by atoms with van der Waals surface area (Å²) in [6.45, 7) is 0.801. The van der Waals surface area contributed by atoms with Crippen LogP contribution in [0.25, 0.3) is 0 Å². The highest BCUT2D eigenvalue weighted by Gasteiger charge is 2.37. The minimum Gasteiger partial charge on any atom is -0.352 e. The molecule has 2 rings (SSSR count). The molecule has 1 unspecified atom stereocenters. The van der Waals surface area contributed by atoms with Crippen molar-refractivity contribution in [1.29, 1.82) is 0 Å². The van der Waals surface area contributed by atoms with Gasteiger partial charge in [-0.3, -0.25) is 0 Å². The summed E-state index contributed by atoms with van der Waals surface area (Å²) in [5.41, 5.74) is 0.513. The first-order valence-corrected chi connectivity index (χ1v) is 5.84. The Morgan fingerprint density at radius 3 is 2.62 bits per heavy atom. The maximum absolute atomic E-state index is 12.9. The normalized spacial score (nSPS) is 24.9. The van der Waals surface area contributed by atoms with Crippen LogP contribution in [0.5, 0.6) is 0 Å². The van der Waals surface area contributed by atoms with Gasteiger partial charge in [-0.05, 0) is 30.5 Å². The first-order chi connectivity index (χ1) is 7.77. The average Bonchev–Trinajstić information content (AvgIpc) is 2.77. The maximum atomic E-state index is 12.9. The van der Waals surface area contributed by atoms with Gasteiger partial charge in [0.2, 0.25) is 0 Å². The van der Waals surface area contributed by atoms with E-state index in [1.54, 1.807) is 12.1 Å². The summed E-state index contributed by atoms with van der Waals surface area (Å²) in [6, 6.07) is 6.38. The second-order valence-electron chi connectivity index (χ2n) is 3.90. The predicted molar refractivity (Wildman–Crippen MR) is 59.9 cm³/mol. The van der Waals surface area contributed by atoms with E-state index in [1.165, 1.54) is 12.1 Å². The van der Waals surface area contributed by atoms with E-state index >= 15 is 0 Å². The number of ether oxygens (including phenoxy) is 2. The molecule has 0 saturated carbocycles. The van der Waals surface area contributed by atoms with Crippen LogP contribution in [-0.4, -0.2) is 19.3 Å². The van der Waals surface area contributed by atoms with Crippen LogP contribution in [0.15, 0.2) is 24.3 Å². The predicted octanol–water partition coefficient (Wildman–Crippen LogP) is 3.04. The lowest BCUT2D eigenvalue weighted by Gasteiger charge is -2.26. The van der Waals surface area contributed by atoms with E-state index in [9.17, 15) is 4.39 Å². The molecule has 1 aliphatic rings. The van der Waals surface area contributed by atoms with Gasteiger partial charge in [-0.15, -0.1) is 11.6 Å². The third-order valence-electron chi connectivity index (χ3n) is 2.84. The van der Waals surface area contributed by atoms with Crippen LogP contribution in [0.4, 0.5) is 4.39 Å². The van der Waals surface area contributed by atoms with E-state index in [0.29, 0.717) is 19.3 Å². The molecule has 1 heterocycles. The summed E-state index contributed by atoms with van der Waals surface area (Å²) in [5.74, 6) is 0.349. The molecule has 1 aromatic carbocycles. The zero-order chi connectivity index (χ0) is 11.4. The third kappa shape index (κ3) is 2.37. The Labute approximate surface area is 99.3 Å². The Hall–Kier alpha value is -0.640. The van der Waals surface area contributed by atoms with Crippen molar-refractivity contribution < 1.29 is 13.9 Å². The smallest absolute Gasteiger partial charge is 0.148 e. The van der Waals surface area contributed by atoms with Gasteiger partial charge in [-0.1, -0.05) is 12.1 Å². The molecular weight excluding hydrogens is 231 g/mol. The minimum absolute atomic E-state index is 0.241. The summed E-state index contributed by atoms with van der Waals surface area (Å²) in [6.07, 6.45) is 1.64. The van der Waals surface area contributed by atoms with Gasteiger partial charge in [-0.25, -0.2) is 4.39 Å². The molecule has 1 aliphatic heterocycles. The topological polar surface area (TPSA) is 18.5 Å². The van der Waals surface area contributed by atoms with Gasteiger partial charge in [0.05, 0.1) is 6.61 Å². The summed E-state index contributed by atoms with van der Waals surface area (Å²) >= 11 is 5.70. The van der Waals surface area contributed by atoms with Crippen molar-refractivity contribution in [2.45, 2.75) is 18.4 Å². The molecule has 88 valence electrons. The lowest BCUT2D eigenvalue weighted by molar-refractivity contribution is -0.0171. The van der Waals surface area contributed by atoms with Crippen LogP contribution >= 0.6 is 11.6 Å². The molecule has 1 aromatic rings. The molecule has 0 bridgehead atoms. The van der Waals surface area contributed by atoms with Crippen LogP contribution < -0.4 is 0 Å². The fraction of sp³-hybridized carbons (Fsp3) is 0.500. The first-order valence-electron chi connectivity index (χ1n) is 5.30. The van der Waals surface area contributed by atoms with Crippen molar-refractivity contribution in [3.05, 3.63) is 35.6 Å². The van der Waals surface area contributed by atoms with Gasteiger partial charge in [0, 0.05) is 5.88 Å². The number of halogens is 2. The van der Waals surface area contributed by atoms with Gasteiger partial charge >= 0.3 is 0 Å². The molecule has 2 nitrogen and oxygen atoms in total. The number of alkyl halides is 1. The molecule has 0 aliphatic carbocycles. The minimum atomic E-state index is -0.442. The molecule has 0 radical (unpaired) electrons. The van der Waals surface area contributed by atoms with E-state index in [1.807, 2.05) is 0 Å². The molecular formula is C12H14ClFO2. The van der Waals surface area contributed by atoms with Gasteiger partial charge in [-0.2, -0.15) is 0 Å². The van der Waals surface area contributed by atoms with E-state index in [4.69, 9.17) is 21.1 Å². The Morgan fingerprint density at radius 2 is 2.06 bits per heavy atom. The van der Waals surface area contributed by atoms with Crippen LogP contribution in [0.3, 0.4) is 0 Å². The zero-order valence-electron chi connectivity index (χ0n) is 8.92. The zero-order valence-corrected chi connectivity index (χ0v) is 9.67. The highest BCUT2D eigenvalue weighted by molar-refractivity contribution is 6.17. The first kappa shape index (κ1) is 11.8. The standard InChI is InChI=1S/C12H14ClFO2/c13-7-1-6-12(8-15-9-16-12)10-2-4-11(14)5-3-10/h2-5H,1,6-9H2. The quantitative estimate of drug-likeness (QED) is 0.758. The Balaban J connectivity index is 2.21. The lowest BCUT2D eigenvalue weighted by atomic mass is 9.90. The summed E-state index contributed by atoms with van der Waals surface area (Å²) in [4.78, 5) is 0. The molecule has 16 heavy (non-hydrogen) atoms. The number of benzene rings is 1. The molecule has 0 amide bonds. The average molecular weight is 245 g/mol. The summed E-state index contributed by atoms with van der Waals surface area (Å²) in [5, 5.41) is 0. The third-order valence-corrected chi connectivity index (χ3v) is 3.11. The maximum Gasteiger partial charge on any atom is 0.148 e. The summed E-state index contributed by atoms with van der Waals surface area (Å²) in [7, 11) is 0. The highest BCUT2D eigenvalue weighted by Crippen LogP contribution is 2.35. The van der Waals surface area contributed by atoms with Crippen molar-refractivity contribution in [2.24, 2.45) is 0 Å². The van der Waals surface area contributed by atoms with Gasteiger partial charge in [0.15, 0.2) is 0 Å². The van der Waals surface area contributed by atoms with Gasteiger partial charge in [0.25, 0.3) is 0 Å². The van der Waals surface area contributed by atoms with Crippen molar-refractivity contribution in [2.75, 3.05) is 19.3 Å². The van der Waals surface area contributed by atoms with Crippen molar-refractivity contribution >= 4 is 11.6 Å². The van der Waals surface area contributed by atoms with Crippen molar-refractivity contribution in [3.63, 3.8) is 0 Å². The highest BCUT2D eigenvalue weighted by atomic mass is 35.5. The van der Waals surface area contributed by atoms with Crippen molar-refractivity contribution in [3.8, 4) is 0 Å². The monoisotopic (exact) mass is 244 g/mol. The fourth-order valence-electron chi connectivity index (χ4n) is 1.96. The molecule has 1 saturated heterocycles. The number of hydrogen-bond donors (Lipinski definition) is 0. The van der Waals surface area contributed by atoms with E-state index < -0.39 is 5.60 Å². The van der Waals surface area contributed by atoms with E-state index in [-0.39, 0.29) is 5.82 Å². The molecule has 4 heteroatoms. The molecule has 1 fully saturated rings. The SMILES string of the molecule is Fc1ccc(C2(CCCCl)COCO2)cc1. The van der Waals surface area contributed by atoms with Crippen LogP contribution in [0, 0.1) is 5.82 Å². The van der Waals surface area contributed by atoms with Gasteiger partial charge in [0.1, 0.15) is 18.2 Å². The molecule has 0 aromatic heterocycles. The fourth-order valence-corrected chi connectivity index (χ4v) is 2.10. The van der Waals surface area contributed by atoms with E-state index in [0.717, 1.165) is 18.4 Å². The Morgan fingerprint density at radius 1 is 1.31 bits per heavy atom. The second kappa shape index (κ2) is 5.13. The van der Waals surface area contributed by atoms with Crippen LogP contribution in [0.1, 0.15) is 18.4 Å². The van der Waals surface area contributed by atoms with Crippen LogP contribution in [0.2, 0.25) is 0 Å². The largest absolute Gasteiger partial charge is 0.352 e. The molecule has 0 spiro atoms. The Kier molecular flexibility index (Phi) is 3.79. The number of hydrogen-bond acceptors (Lipinski definition) is 2. The van der Waals surface area contributed by atoms with Crippen molar-refractivity contribution in [1.82, 2.24) is 0 Å². The van der Waals surface area contributed by atoms with Gasteiger partial charge < -0.3 is 9.47 Å². The summed E-state index contributed by atoms with van der Waals surface area (Å²) < 4.78 is 23.8. The molecule has 0 N–H and O–H groups in total. The number of rotatable bonds is 4. The van der Waals surface area contributed by atoms with Crippen LogP contribution in [-0.2, 0) is 15.1 Å². The molecule has 1 atom stereocenters. The Bertz CT molecular complexity index is 333. The van der Waals surface area contributed by atoms with E-state index in [2.05, 4.69) is 0 Å². The lowest BCUT2D eigenvalue weighted by Crippen LogP contribution is -2.28. The second-order valence-corrected chi connectivity index (χ2v) is 4.28.